The van der Waals surface area contributed by atoms with E-state index < -0.39 is 35.4 Å². The molecule has 28 heavy (non-hydrogen) atoms. The highest BCUT2D eigenvalue weighted by molar-refractivity contribution is 6.04. The average Bonchev–Trinajstić information content (AvgIpc) is 2.82. The van der Waals surface area contributed by atoms with Crippen LogP contribution >= 0.6 is 0 Å². The molecule has 0 aliphatic carbocycles. The number of hydrogen-bond donors (Lipinski definition) is 0. The molecule has 0 bridgehead atoms. The summed E-state index contributed by atoms with van der Waals surface area (Å²) >= 11 is 0. The predicted molar refractivity (Wildman–Crippen MR) is 95.0 cm³/mol. The van der Waals surface area contributed by atoms with Crippen LogP contribution in [0.2, 0.25) is 0 Å². The van der Waals surface area contributed by atoms with Crippen LogP contribution < -0.4 is 4.74 Å². The maximum absolute atomic E-state index is 13.6. The van der Waals surface area contributed by atoms with Gasteiger partial charge in [0.05, 0.1) is 12.6 Å². The van der Waals surface area contributed by atoms with Crippen molar-refractivity contribution in [1.29, 1.82) is 0 Å². The lowest BCUT2D eigenvalue weighted by Crippen LogP contribution is -2.31. The number of ether oxygens (including phenoxy) is 1. The van der Waals surface area contributed by atoms with Crippen LogP contribution in [0, 0.1) is 17.5 Å². The largest absolute Gasteiger partial charge is 0.491 e. The number of likely N-dealkylation sites (N-methyl/N-ethyl adjacent to an activating group) is 1. The summed E-state index contributed by atoms with van der Waals surface area (Å²) in [5.41, 5.74) is 0.530. The topological polar surface area (TPSA) is 49.9 Å². The van der Waals surface area contributed by atoms with Crippen molar-refractivity contribution in [1.82, 2.24) is 9.80 Å². The summed E-state index contributed by atoms with van der Waals surface area (Å²) in [7, 11) is 1.35. The van der Waals surface area contributed by atoms with Crippen molar-refractivity contribution in [2.45, 2.75) is 32.5 Å². The highest BCUT2D eigenvalue weighted by Crippen LogP contribution is 2.32. The first-order valence-corrected chi connectivity index (χ1v) is 8.67. The summed E-state index contributed by atoms with van der Waals surface area (Å²) in [5, 5.41) is 0. The van der Waals surface area contributed by atoms with Crippen LogP contribution in [-0.4, -0.2) is 34.9 Å². The smallest absolute Gasteiger partial charge is 0.327 e. The van der Waals surface area contributed by atoms with Gasteiger partial charge < -0.3 is 9.64 Å². The molecule has 1 atom stereocenters. The lowest BCUT2D eigenvalue weighted by molar-refractivity contribution is -0.128. The number of hydrogen-bond acceptors (Lipinski definition) is 3. The van der Waals surface area contributed by atoms with Crippen LogP contribution in [0.3, 0.4) is 0 Å². The first kappa shape index (κ1) is 19.7. The summed E-state index contributed by atoms with van der Waals surface area (Å²) in [5.74, 6) is -4.50. The number of carbonyl (C=O) groups excluding carboxylic acids is 2. The van der Waals surface area contributed by atoms with Gasteiger partial charge in [0.25, 0.3) is 5.91 Å². The fourth-order valence-corrected chi connectivity index (χ4v) is 3.12. The molecule has 1 saturated heterocycles. The minimum Gasteiger partial charge on any atom is -0.491 e. The molecule has 3 amide bonds. The standard InChI is InChI=1S/C20H19F3N2O3/c1-11(2)28-14-6-4-5-12(7-14)10-25-19(26)18(24(3)20(25)27)13-8-15(21)17(23)16(22)9-13/h4-9,11,18H,10H2,1-3H3. The van der Waals surface area contributed by atoms with Crippen LogP contribution in [0.15, 0.2) is 36.4 Å². The Balaban J connectivity index is 1.87. The zero-order chi connectivity index (χ0) is 20.6. The first-order valence-electron chi connectivity index (χ1n) is 8.67. The molecule has 8 heteroatoms. The van der Waals surface area contributed by atoms with Gasteiger partial charge in [-0.05, 0) is 49.2 Å². The maximum Gasteiger partial charge on any atom is 0.327 e. The molecule has 1 aliphatic heterocycles. The molecular weight excluding hydrogens is 373 g/mol. The van der Waals surface area contributed by atoms with Crippen molar-refractivity contribution >= 4 is 11.9 Å². The van der Waals surface area contributed by atoms with E-state index in [1.165, 1.54) is 7.05 Å². The Morgan fingerprint density at radius 3 is 2.32 bits per heavy atom. The Morgan fingerprint density at radius 1 is 1.07 bits per heavy atom. The van der Waals surface area contributed by atoms with E-state index in [9.17, 15) is 22.8 Å². The van der Waals surface area contributed by atoms with Crippen molar-refractivity contribution < 1.29 is 27.5 Å². The minimum atomic E-state index is -1.62. The van der Waals surface area contributed by atoms with E-state index in [1.807, 2.05) is 13.8 Å². The Hall–Kier alpha value is -3.03. The van der Waals surface area contributed by atoms with Gasteiger partial charge in [0.1, 0.15) is 11.8 Å². The summed E-state index contributed by atoms with van der Waals surface area (Å²) in [6, 6.07) is 6.56. The zero-order valence-electron chi connectivity index (χ0n) is 15.6. The molecule has 148 valence electrons. The Labute approximate surface area is 160 Å². The van der Waals surface area contributed by atoms with E-state index in [4.69, 9.17) is 4.74 Å². The molecule has 5 nitrogen and oxygen atoms in total. The number of imide groups is 1. The normalized spacial score (nSPS) is 17.0. The highest BCUT2D eigenvalue weighted by Gasteiger charge is 2.44. The fraction of sp³-hybridized carbons (Fsp3) is 0.300. The maximum atomic E-state index is 13.6. The molecule has 1 heterocycles. The second-order valence-electron chi connectivity index (χ2n) is 6.83. The summed E-state index contributed by atoms with van der Waals surface area (Å²) in [6.07, 6.45) is -0.0379. The number of rotatable bonds is 5. The van der Waals surface area contributed by atoms with Crippen molar-refractivity contribution in [3.05, 3.63) is 65.0 Å². The zero-order valence-corrected chi connectivity index (χ0v) is 15.6. The molecule has 2 aromatic rings. The summed E-state index contributed by atoms with van der Waals surface area (Å²) in [6.45, 7) is 3.72. The third-order valence-electron chi connectivity index (χ3n) is 4.35. The molecule has 3 rings (SSSR count). The molecule has 1 fully saturated rings. The summed E-state index contributed by atoms with van der Waals surface area (Å²) in [4.78, 5) is 27.4. The first-order chi connectivity index (χ1) is 13.2. The average molecular weight is 392 g/mol. The van der Waals surface area contributed by atoms with E-state index in [0.717, 1.165) is 21.9 Å². The highest BCUT2D eigenvalue weighted by atomic mass is 19.2. The Bertz CT molecular complexity index is 910. The molecule has 2 aromatic carbocycles. The predicted octanol–water partition coefficient (Wildman–Crippen LogP) is 4.03. The van der Waals surface area contributed by atoms with E-state index >= 15 is 0 Å². The Morgan fingerprint density at radius 2 is 1.71 bits per heavy atom. The molecular formula is C20H19F3N2O3. The number of nitrogens with zero attached hydrogens (tertiary/aromatic N) is 2. The van der Waals surface area contributed by atoms with Crippen molar-refractivity contribution in [3.8, 4) is 5.75 Å². The SMILES string of the molecule is CC(C)Oc1cccc(CN2C(=O)C(c3cc(F)c(F)c(F)c3)N(C)C2=O)c1. The molecule has 1 aliphatic rings. The molecule has 0 saturated carbocycles. The minimum absolute atomic E-state index is 0.0278. The monoisotopic (exact) mass is 392 g/mol. The van der Waals surface area contributed by atoms with Gasteiger partial charge in [0, 0.05) is 7.05 Å². The van der Waals surface area contributed by atoms with E-state index in [2.05, 4.69) is 0 Å². The third kappa shape index (κ3) is 3.67. The second kappa shape index (κ2) is 7.53. The summed E-state index contributed by atoms with van der Waals surface area (Å²) < 4.78 is 46.0. The molecule has 0 aromatic heterocycles. The van der Waals surface area contributed by atoms with E-state index in [-0.39, 0.29) is 18.2 Å². The van der Waals surface area contributed by atoms with E-state index in [1.54, 1.807) is 24.3 Å². The van der Waals surface area contributed by atoms with Crippen molar-refractivity contribution in [2.24, 2.45) is 0 Å². The second-order valence-corrected chi connectivity index (χ2v) is 6.83. The van der Waals surface area contributed by atoms with Crippen LogP contribution in [0.25, 0.3) is 0 Å². The molecule has 1 unspecified atom stereocenters. The van der Waals surface area contributed by atoms with Gasteiger partial charge in [0.15, 0.2) is 17.5 Å². The van der Waals surface area contributed by atoms with Gasteiger partial charge in [0.2, 0.25) is 0 Å². The van der Waals surface area contributed by atoms with Crippen LogP contribution in [-0.2, 0) is 11.3 Å². The van der Waals surface area contributed by atoms with Gasteiger partial charge >= 0.3 is 6.03 Å². The quantitative estimate of drug-likeness (QED) is 0.570. The molecule has 0 spiro atoms. The lowest BCUT2D eigenvalue weighted by Gasteiger charge is -2.16. The molecule has 0 N–H and O–H groups in total. The van der Waals surface area contributed by atoms with Gasteiger partial charge in [-0.2, -0.15) is 0 Å². The number of amides is 3. The van der Waals surface area contributed by atoms with Crippen molar-refractivity contribution in [2.75, 3.05) is 7.05 Å². The van der Waals surface area contributed by atoms with Gasteiger partial charge in [-0.1, -0.05) is 12.1 Å². The number of carbonyl (C=O) groups is 2. The van der Waals surface area contributed by atoms with Gasteiger partial charge in [-0.3, -0.25) is 9.69 Å². The van der Waals surface area contributed by atoms with Gasteiger partial charge in [-0.15, -0.1) is 0 Å². The van der Waals surface area contributed by atoms with Gasteiger partial charge in [-0.25, -0.2) is 18.0 Å². The van der Waals surface area contributed by atoms with Crippen LogP contribution in [0.1, 0.15) is 31.0 Å². The Kier molecular flexibility index (Phi) is 5.31. The lowest BCUT2D eigenvalue weighted by atomic mass is 10.1. The number of halogens is 3. The van der Waals surface area contributed by atoms with E-state index in [0.29, 0.717) is 11.3 Å². The number of benzene rings is 2. The third-order valence-corrected chi connectivity index (χ3v) is 4.35. The fourth-order valence-electron chi connectivity index (χ4n) is 3.12. The van der Waals surface area contributed by atoms with Crippen LogP contribution in [0.4, 0.5) is 18.0 Å². The molecule has 0 radical (unpaired) electrons. The van der Waals surface area contributed by atoms with Crippen molar-refractivity contribution in [3.63, 3.8) is 0 Å². The van der Waals surface area contributed by atoms with Crippen LogP contribution in [0.5, 0.6) is 5.75 Å². The number of urea groups is 1.